The van der Waals surface area contributed by atoms with Gasteiger partial charge in [-0.1, -0.05) is 6.08 Å². The molecule has 1 N–H and O–H groups in total. The van der Waals surface area contributed by atoms with Gasteiger partial charge in [0.2, 0.25) is 0 Å². The first-order chi connectivity index (χ1) is 6.20. The summed E-state index contributed by atoms with van der Waals surface area (Å²) in [6.07, 6.45) is 2.14. The van der Waals surface area contributed by atoms with Crippen LogP contribution in [0.15, 0.2) is 12.2 Å². The van der Waals surface area contributed by atoms with Gasteiger partial charge < -0.3 is 14.6 Å². The maximum Gasteiger partial charge on any atom is 0.330 e. The first-order valence-corrected chi connectivity index (χ1v) is 4.26. The molecule has 4 heteroatoms. The van der Waals surface area contributed by atoms with Crippen LogP contribution in [-0.4, -0.2) is 37.0 Å². The summed E-state index contributed by atoms with van der Waals surface area (Å²) in [7, 11) is 0. The van der Waals surface area contributed by atoms with Crippen molar-refractivity contribution < 1.29 is 19.4 Å². The molecule has 13 heavy (non-hydrogen) atoms. The lowest BCUT2D eigenvalue weighted by molar-refractivity contribution is -0.141. The SMILES string of the molecule is CC=CC(=O)OCC(O)COCC. The van der Waals surface area contributed by atoms with Crippen LogP contribution in [0, 0.1) is 0 Å². The minimum absolute atomic E-state index is 0.0246. The molecule has 0 rings (SSSR count). The van der Waals surface area contributed by atoms with E-state index in [1.807, 2.05) is 6.92 Å². The summed E-state index contributed by atoms with van der Waals surface area (Å²) in [5, 5.41) is 9.17. The topological polar surface area (TPSA) is 55.8 Å². The Balaban J connectivity index is 3.45. The van der Waals surface area contributed by atoms with Gasteiger partial charge in [0.25, 0.3) is 0 Å². The molecule has 0 aliphatic rings. The van der Waals surface area contributed by atoms with Crippen LogP contribution in [0.1, 0.15) is 13.8 Å². The second kappa shape index (κ2) is 7.76. The van der Waals surface area contributed by atoms with E-state index in [2.05, 4.69) is 4.74 Å². The van der Waals surface area contributed by atoms with Crippen LogP contribution in [0.3, 0.4) is 0 Å². The van der Waals surface area contributed by atoms with Crippen LogP contribution in [0.25, 0.3) is 0 Å². The van der Waals surface area contributed by atoms with E-state index >= 15 is 0 Å². The smallest absolute Gasteiger partial charge is 0.330 e. The lowest BCUT2D eigenvalue weighted by Gasteiger charge is -2.09. The minimum atomic E-state index is -0.742. The zero-order chi connectivity index (χ0) is 10.1. The Morgan fingerprint density at radius 1 is 1.54 bits per heavy atom. The molecule has 0 aliphatic heterocycles. The molecule has 1 unspecified atom stereocenters. The van der Waals surface area contributed by atoms with Gasteiger partial charge in [0.15, 0.2) is 0 Å². The first kappa shape index (κ1) is 12.1. The van der Waals surface area contributed by atoms with Crippen molar-refractivity contribution in [1.29, 1.82) is 0 Å². The highest BCUT2D eigenvalue weighted by Gasteiger charge is 2.05. The van der Waals surface area contributed by atoms with Crippen LogP contribution in [0.2, 0.25) is 0 Å². The van der Waals surface area contributed by atoms with Gasteiger partial charge in [0.1, 0.15) is 12.7 Å². The van der Waals surface area contributed by atoms with Crippen LogP contribution in [0.4, 0.5) is 0 Å². The first-order valence-electron chi connectivity index (χ1n) is 4.26. The average Bonchev–Trinajstić information content (AvgIpc) is 2.12. The van der Waals surface area contributed by atoms with Gasteiger partial charge in [-0.2, -0.15) is 0 Å². The summed E-state index contributed by atoms with van der Waals surface area (Å²) in [6, 6.07) is 0. The number of carbonyl (C=O) groups excluding carboxylic acids is 1. The van der Waals surface area contributed by atoms with Gasteiger partial charge in [-0.15, -0.1) is 0 Å². The Bertz CT molecular complexity index is 165. The molecule has 0 fully saturated rings. The normalized spacial score (nSPS) is 13.2. The Morgan fingerprint density at radius 3 is 2.77 bits per heavy atom. The van der Waals surface area contributed by atoms with Gasteiger partial charge in [0.05, 0.1) is 6.61 Å². The van der Waals surface area contributed by atoms with Crippen molar-refractivity contribution in [2.24, 2.45) is 0 Å². The lowest BCUT2D eigenvalue weighted by Crippen LogP contribution is -2.23. The summed E-state index contributed by atoms with van der Waals surface area (Å²) < 4.78 is 9.61. The Labute approximate surface area is 78.2 Å². The van der Waals surface area contributed by atoms with Crippen LogP contribution in [-0.2, 0) is 14.3 Å². The Kier molecular flexibility index (Phi) is 7.24. The van der Waals surface area contributed by atoms with Crippen molar-refractivity contribution >= 4 is 5.97 Å². The largest absolute Gasteiger partial charge is 0.460 e. The van der Waals surface area contributed by atoms with E-state index in [-0.39, 0.29) is 13.2 Å². The number of esters is 1. The molecule has 4 nitrogen and oxygen atoms in total. The molecule has 1 atom stereocenters. The Hall–Kier alpha value is -0.870. The van der Waals surface area contributed by atoms with Gasteiger partial charge in [-0.25, -0.2) is 4.79 Å². The molecule has 0 aliphatic carbocycles. The number of hydrogen-bond donors (Lipinski definition) is 1. The number of allylic oxidation sites excluding steroid dienone is 1. The molecule has 0 radical (unpaired) electrons. The van der Waals surface area contributed by atoms with Gasteiger partial charge in [-0.3, -0.25) is 0 Å². The third-order valence-electron chi connectivity index (χ3n) is 1.24. The second-order valence-electron chi connectivity index (χ2n) is 2.44. The fourth-order valence-corrected chi connectivity index (χ4v) is 0.665. The van der Waals surface area contributed by atoms with E-state index in [4.69, 9.17) is 4.74 Å². The number of aliphatic hydroxyl groups is 1. The van der Waals surface area contributed by atoms with E-state index in [1.54, 1.807) is 13.0 Å². The predicted octanol–water partition coefficient (Wildman–Crippen LogP) is 0.503. The summed E-state index contributed by atoms with van der Waals surface area (Å²) in [4.78, 5) is 10.8. The van der Waals surface area contributed by atoms with Crippen molar-refractivity contribution in [3.8, 4) is 0 Å². The summed E-state index contributed by atoms with van der Waals surface area (Å²) >= 11 is 0. The molecular formula is C9H16O4. The summed E-state index contributed by atoms with van der Waals surface area (Å²) in [6.45, 7) is 4.26. The molecule has 0 amide bonds. The third-order valence-corrected chi connectivity index (χ3v) is 1.24. The van der Waals surface area contributed by atoms with Crippen molar-refractivity contribution in [3.05, 3.63) is 12.2 Å². The maximum absolute atomic E-state index is 10.8. The summed E-state index contributed by atoms with van der Waals surface area (Å²) in [5.41, 5.74) is 0. The van der Waals surface area contributed by atoms with Crippen molar-refractivity contribution in [1.82, 2.24) is 0 Å². The molecule has 0 spiro atoms. The van der Waals surface area contributed by atoms with Crippen LogP contribution in [0.5, 0.6) is 0 Å². The van der Waals surface area contributed by atoms with Crippen LogP contribution >= 0.6 is 0 Å². The second-order valence-corrected chi connectivity index (χ2v) is 2.44. The maximum atomic E-state index is 10.8. The van der Waals surface area contributed by atoms with E-state index in [0.717, 1.165) is 0 Å². The zero-order valence-electron chi connectivity index (χ0n) is 8.03. The van der Waals surface area contributed by atoms with Crippen molar-refractivity contribution in [3.63, 3.8) is 0 Å². The quantitative estimate of drug-likeness (QED) is 0.487. The zero-order valence-corrected chi connectivity index (χ0v) is 8.03. The average molecular weight is 188 g/mol. The fourth-order valence-electron chi connectivity index (χ4n) is 0.665. The van der Waals surface area contributed by atoms with Gasteiger partial charge in [-0.05, 0) is 13.8 Å². The third kappa shape index (κ3) is 7.49. The molecule has 0 heterocycles. The number of carbonyl (C=O) groups is 1. The van der Waals surface area contributed by atoms with Gasteiger partial charge in [0, 0.05) is 12.7 Å². The van der Waals surface area contributed by atoms with Crippen molar-refractivity contribution in [2.45, 2.75) is 20.0 Å². The van der Waals surface area contributed by atoms with Crippen LogP contribution < -0.4 is 0 Å². The highest BCUT2D eigenvalue weighted by Crippen LogP contribution is 1.89. The number of ether oxygens (including phenoxy) is 2. The number of rotatable bonds is 6. The lowest BCUT2D eigenvalue weighted by atomic mass is 10.4. The summed E-state index contributed by atoms with van der Waals surface area (Å²) in [5.74, 6) is -0.446. The highest BCUT2D eigenvalue weighted by molar-refractivity contribution is 5.81. The fraction of sp³-hybridized carbons (Fsp3) is 0.667. The predicted molar refractivity (Wildman–Crippen MR) is 48.3 cm³/mol. The highest BCUT2D eigenvalue weighted by atomic mass is 16.5. The molecule has 76 valence electrons. The van der Waals surface area contributed by atoms with Crippen molar-refractivity contribution in [2.75, 3.05) is 19.8 Å². The standard InChI is InChI=1S/C9H16O4/c1-3-5-9(11)13-7-8(10)6-12-4-2/h3,5,8,10H,4,6-7H2,1-2H3. The van der Waals surface area contributed by atoms with E-state index < -0.39 is 12.1 Å². The Morgan fingerprint density at radius 2 is 2.23 bits per heavy atom. The molecule has 0 aromatic carbocycles. The van der Waals surface area contributed by atoms with E-state index in [1.165, 1.54) is 6.08 Å². The minimum Gasteiger partial charge on any atom is -0.460 e. The number of hydrogen-bond acceptors (Lipinski definition) is 4. The molecule has 0 saturated heterocycles. The number of aliphatic hydroxyl groups excluding tert-OH is 1. The molecular weight excluding hydrogens is 172 g/mol. The molecule has 0 aromatic heterocycles. The monoisotopic (exact) mass is 188 g/mol. The molecule has 0 saturated carbocycles. The van der Waals surface area contributed by atoms with E-state index in [0.29, 0.717) is 6.61 Å². The van der Waals surface area contributed by atoms with E-state index in [9.17, 15) is 9.90 Å². The van der Waals surface area contributed by atoms with Gasteiger partial charge >= 0.3 is 5.97 Å². The molecule has 0 aromatic rings. The molecule has 0 bridgehead atoms.